The van der Waals surface area contributed by atoms with Crippen molar-refractivity contribution in [2.45, 2.75) is 98.9 Å². The maximum absolute atomic E-state index is 10.5. The molecule has 0 saturated carbocycles. The molecule has 2 aliphatic heterocycles. The number of rotatable bonds is 9. The summed E-state index contributed by atoms with van der Waals surface area (Å²) in [5.74, 6) is -4.27. The summed E-state index contributed by atoms with van der Waals surface area (Å²) >= 11 is 0. The van der Waals surface area contributed by atoms with E-state index in [0.717, 1.165) is 0 Å². The van der Waals surface area contributed by atoms with Gasteiger partial charge in [0.25, 0.3) is 0 Å². The Balaban J connectivity index is 1.78. The highest BCUT2D eigenvalue weighted by molar-refractivity contribution is 4.97. The van der Waals surface area contributed by atoms with Crippen LogP contribution in [0, 0.1) is 0 Å². The van der Waals surface area contributed by atoms with E-state index in [1.807, 2.05) is 0 Å². The third-order valence-corrected chi connectivity index (χ3v) is 5.92. The summed E-state index contributed by atoms with van der Waals surface area (Å²) in [4.78, 5) is 0. The van der Waals surface area contributed by atoms with Crippen LogP contribution in [0.3, 0.4) is 0 Å². The summed E-state index contributed by atoms with van der Waals surface area (Å²) in [6.07, 6.45) is -11.0. The summed E-state index contributed by atoms with van der Waals surface area (Å²) < 4.78 is 10.3. The van der Waals surface area contributed by atoms with Gasteiger partial charge in [0.2, 0.25) is 0 Å². The highest BCUT2D eigenvalue weighted by Gasteiger charge is 2.53. The third-order valence-electron chi connectivity index (χ3n) is 5.92. The molecule has 0 aromatic carbocycles. The van der Waals surface area contributed by atoms with Gasteiger partial charge in [-0.05, 0) is 12.8 Å². The van der Waals surface area contributed by atoms with Crippen molar-refractivity contribution in [2.24, 2.45) is 0 Å². The van der Waals surface area contributed by atoms with Crippen LogP contribution in [0.15, 0.2) is 0 Å². The minimum Gasteiger partial charge on any atom is -0.394 e. The molecule has 0 aliphatic carbocycles. The minimum atomic E-state index is -2.14. The van der Waals surface area contributed by atoms with Crippen molar-refractivity contribution in [1.82, 2.24) is 0 Å². The van der Waals surface area contributed by atoms with E-state index in [0.29, 0.717) is 25.7 Å². The van der Waals surface area contributed by atoms with Crippen LogP contribution in [0.2, 0.25) is 0 Å². The highest BCUT2D eigenvalue weighted by atomic mass is 16.7. The molecule has 30 heavy (non-hydrogen) atoms. The minimum absolute atomic E-state index is 0.0880. The Morgan fingerprint density at radius 3 is 1.17 bits per heavy atom. The van der Waals surface area contributed by atoms with Crippen molar-refractivity contribution >= 4 is 0 Å². The fourth-order valence-electron chi connectivity index (χ4n) is 3.96. The predicted molar refractivity (Wildman–Crippen MR) is 97.6 cm³/mol. The second-order valence-corrected chi connectivity index (χ2v) is 8.13. The van der Waals surface area contributed by atoms with Gasteiger partial charge in [-0.25, -0.2) is 0 Å². The molecule has 0 spiro atoms. The fourth-order valence-corrected chi connectivity index (χ4v) is 3.96. The van der Waals surface area contributed by atoms with Crippen LogP contribution in [-0.4, -0.2) is 125 Å². The van der Waals surface area contributed by atoms with Crippen molar-refractivity contribution in [1.29, 1.82) is 0 Å². The molecule has 178 valence electrons. The van der Waals surface area contributed by atoms with Crippen LogP contribution in [-0.2, 0) is 9.47 Å². The topological polar surface area (TPSA) is 221 Å². The normalized spacial score (nSPS) is 47.4. The number of aliphatic hydroxyl groups is 10. The monoisotopic (exact) mass is 442 g/mol. The molecule has 2 rings (SSSR count). The molecule has 10 N–H and O–H groups in total. The van der Waals surface area contributed by atoms with Gasteiger partial charge in [0, 0.05) is 12.8 Å². The van der Waals surface area contributed by atoms with Gasteiger partial charge in [0.1, 0.15) is 48.8 Å². The van der Waals surface area contributed by atoms with Gasteiger partial charge < -0.3 is 60.5 Å². The SMILES string of the molecule is OC[C@H]1OC(O)(CCCCCCC2(O)O[C@H](CO)[C@@H](O)[C@H](O)[C@H]2O)[C@H](O)[C@@H](O)[C@@H]1O. The van der Waals surface area contributed by atoms with Crippen LogP contribution in [0.25, 0.3) is 0 Å². The Kier molecular flexibility index (Phi) is 8.96. The molecule has 2 heterocycles. The van der Waals surface area contributed by atoms with Crippen LogP contribution < -0.4 is 0 Å². The van der Waals surface area contributed by atoms with E-state index in [2.05, 4.69) is 0 Å². The Hall–Kier alpha value is -0.480. The van der Waals surface area contributed by atoms with Gasteiger partial charge >= 0.3 is 0 Å². The van der Waals surface area contributed by atoms with Crippen molar-refractivity contribution in [3.8, 4) is 0 Å². The van der Waals surface area contributed by atoms with Crippen LogP contribution >= 0.6 is 0 Å². The second kappa shape index (κ2) is 10.4. The summed E-state index contributed by atoms with van der Waals surface area (Å²) in [5, 5.41) is 98.4. The summed E-state index contributed by atoms with van der Waals surface area (Å²) in [5.41, 5.74) is 0. The molecule has 12 heteroatoms. The highest BCUT2D eigenvalue weighted by Crippen LogP contribution is 2.34. The van der Waals surface area contributed by atoms with Gasteiger partial charge in [-0.3, -0.25) is 0 Å². The van der Waals surface area contributed by atoms with E-state index in [9.17, 15) is 51.1 Å². The van der Waals surface area contributed by atoms with Gasteiger partial charge in [0.05, 0.1) is 13.2 Å². The zero-order chi connectivity index (χ0) is 22.7. The maximum Gasteiger partial charge on any atom is 0.195 e. The van der Waals surface area contributed by atoms with Gasteiger partial charge in [-0.15, -0.1) is 0 Å². The van der Waals surface area contributed by atoms with E-state index in [1.165, 1.54) is 0 Å². The van der Waals surface area contributed by atoms with Gasteiger partial charge in [-0.1, -0.05) is 12.8 Å². The maximum atomic E-state index is 10.5. The number of aliphatic hydroxyl groups excluding tert-OH is 8. The molecule has 2 fully saturated rings. The van der Waals surface area contributed by atoms with Gasteiger partial charge in [0.15, 0.2) is 11.6 Å². The van der Waals surface area contributed by atoms with E-state index >= 15 is 0 Å². The average molecular weight is 442 g/mol. The third kappa shape index (κ3) is 5.28. The zero-order valence-electron chi connectivity index (χ0n) is 16.6. The Bertz CT molecular complexity index is 487. The van der Waals surface area contributed by atoms with Crippen molar-refractivity contribution in [2.75, 3.05) is 13.2 Å². The number of ether oxygens (including phenoxy) is 2. The lowest BCUT2D eigenvalue weighted by atomic mass is 9.88. The average Bonchev–Trinajstić information content (AvgIpc) is 2.73. The van der Waals surface area contributed by atoms with Crippen molar-refractivity contribution in [3.63, 3.8) is 0 Å². The number of hydrogen-bond donors (Lipinski definition) is 10. The van der Waals surface area contributed by atoms with Gasteiger partial charge in [-0.2, -0.15) is 0 Å². The molecule has 10 atom stereocenters. The molecule has 0 radical (unpaired) electrons. The molecule has 0 aromatic rings. The quantitative estimate of drug-likeness (QED) is 0.153. The molecule has 2 saturated heterocycles. The first-order valence-electron chi connectivity index (χ1n) is 10.1. The van der Waals surface area contributed by atoms with E-state index in [1.54, 1.807) is 0 Å². The molecular weight excluding hydrogens is 408 g/mol. The fraction of sp³-hybridized carbons (Fsp3) is 1.00. The first-order chi connectivity index (χ1) is 14.0. The number of unbranched alkanes of at least 4 members (excludes halogenated alkanes) is 3. The van der Waals surface area contributed by atoms with Crippen LogP contribution in [0.5, 0.6) is 0 Å². The van der Waals surface area contributed by atoms with E-state index in [-0.39, 0.29) is 12.8 Å². The van der Waals surface area contributed by atoms with Crippen molar-refractivity contribution < 1.29 is 60.5 Å². The smallest absolute Gasteiger partial charge is 0.195 e. The first-order valence-corrected chi connectivity index (χ1v) is 10.1. The Labute approximate surface area is 173 Å². The lowest BCUT2D eigenvalue weighted by molar-refractivity contribution is -0.352. The summed E-state index contributed by atoms with van der Waals surface area (Å²) in [6.45, 7) is -1.30. The first kappa shape index (κ1) is 25.8. The molecule has 2 unspecified atom stereocenters. The zero-order valence-corrected chi connectivity index (χ0v) is 16.6. The molecule has 0 aromatic heterocycles. The van der Waals surface area contributed by atoms with Crippen molar-refractivity contribution in [3.05, 3.63) is 0 Å². The molecule has 0 bridgehead atoms. The second-order valence-electron chi connectivity index (χ2n) is 8.13. The summed E-state index contributed by atoms with van der Waals surface area (Å²) in [7, 11) is 0. The number of hydrogen-bond acceptors (Lipinski definition) is 12. The largest absolute Gasteiger partial charge is 0.394 e. The standard InChI is InChI=1S/C18H34O12/c19-7-9-11(21)13(23)15(25)17(27,29-9)5-3-1-2-4-6-18(28)16(26)14(24)12(22)10(8-20)30-18/h9-16,19-28H,1-8H2/t9-,10-,11-,12-,13+,14+,15-,16-,17?,18?/m1/s1. The lowest BCUT2D eigenvalue weighted by Crippen LogP contribution is -2.65. The lowest BCUT2D eigenvalue weighted by Gasteiger charge is -2.45. The van der Waals surface area contributed by atoms with E-state index < -0.39 is 73.6 Å². The van der Waals surface area contributed by atoms with Crippen LogP contribution in [0.1, 0.15) is 38.5 Å². The van der Waals surface area contributed by atoms with Crippen LogP contribution in [0.4, 0.5) is 0 Å². The predicted octanol–water partition coefficient (Wildman–Crippen LogP) is -4.35. The molecule has 0 amide bonds. The molecule has 12 nitrogen and oxygen atoms in total. The Morgan fingerprint density at radius 1 is 0.533 bits per heavy atom. The van der Waals surface area contributed by atoms with E-state index in [4.69, 9.17) is 9.47 Å². The molecule has 2 aliphatic rings. The Morgan fingerprint density at radius 2 is 0.867 bits per heavy atom. The molecular formula is C18H34O12. The summed E-state index contributed by atoms with van der Waals surface area (Å²) in [6, 6.07) is 0.